The lowest BCUT2D eigenvalue weighted by Gasteiger charge is -2.25. The minimum Gasteiger partial charge on any atom is -0.390 e. The van der Waals surface area contributed by atoms with Crippen molar-refractivity contribution in [1.82, 2.24) is 15.5 Å². The van der Waals surface area contributed by atoms with Crippen molar-refractivity contribution >= 4 is 23.4 Å². The van der Waals surface area contributed by atoms with E-state index in [0.29, 0.717) is 30.9 Å². The van der Waals surface area contributed by atoms with Gasteiger partial charge in [0.2, 0.25) is 11.8 Å². The number of nitrogens with one attached hydrogen (secondary N) is 2. The Bertz CT molecular complexity index is 722. The third-order valence-electron chi connectivity index (χ3n) is 5.57. The van der Waals surface area contributed by atoms with Crippen LogP contribution in [0.15, 0.2) is 18.2 Å². The molecule has 0 aliphatic rings. The van der Waals surface area contributed by atoms with Crippen molar-refractivity contribution in [2.45, 2.75) is 84.8 Å². The van der Waals surface area contributed by atoms with Crippen LogP contribution in [0.25, 0.3) is 0 Å². The zero-order chi connectivity index (χ0) is 25.5. The number of nitrogens with zero attached hydrogens (tertiary/aromatic N) is 1. The molecule has 0 heterocycles. The van der Waals surface area contributed by atoms with Crippen LogP contribution in [0.1, 0.15) is 71.8 Å². The van der Waals surface area contributed by atoms with Crippen molar-refractivity contribution in [3.8, 4) is 0 Å². The number of hydrogen-bond donors (Lipinski definition) is 3. The predicted octanol–water partition coefficient (Wildman–Crippen LogP) is 4.32. The van der Waals surface area contributed by atoms with Crippen LogP contribution in [0.3, 0.4) is 0 Å². The Kier molecular flexibility index (Phi) is 15.0. The molecule has 0 aliphatic carbocycles. The lowest BCUT2D eigenvalue weighted by Crippen LogP contribution is -2.49. The molecule has 0 aromatic heterocycles. The minimum atomic E-state index is -0.857. The van der Waals surface area contributed by atoms with Crippen LogP contribution < -0.4 is 10.6 Å². The third kappa shape index (κ3) is 12.7. The Hall–Kier alpha value is -1.70. The van der Waals surface area contributed by atoms with Crippen LogP contribution in [0, 0.1) is 11.7 Å². The van der Waals surface area contributed by atoms with E-state index in [1.54, 1.807) is 6.07 Å². The Morgan fingerprint density at radius 2 is 1.79 bits per heavy atom. The smallest absolute Gasteiger partial charge is 0.222 e. The molecule has 1 aromatic carbocycles. The van der Waals surface area contributed by atoms with Crippen LogP contribution in [-0.4, -0.2) is 60.1 Å². The van der Waals surface area contributed by atoms with Gasteiger partial charge in [0.15, 0.2) is 0 Å². The molecule has 0 saturated heterocycles. The monoisotopic (exact) mass is 499 g/mol. The van der Waals surface area contributed by atoms with E-state index >= 15 is 0 Å². The summed E-state index contributed by atoms with van der Waals surface area (Å²) in [5.74, 6) is -0.0851. The molecule has 34 heavy (non-hydrogen) atoms. The number of carbonyl (C=O) groups is 2. The maximum absolute atomic E-state index is 13.8. The van der Waals surface area contributed by atoms with E-state index in [1.807, 2.05) is 18.7 Å². The number of hydrogen-bond acceptors (Lipinski definition) is 4. The molecule has 1 aromatic rings. The normalized spacial score (nSPS) is 13.1. The van der Waals surface area contributed by atoms with Gasteiger partial charge in [-0.3, -0.25) is 9.59 Å². The van der Waals surface area contributed by atoms with E-state index in [0.717, 1.165) is 38.9 Å². The highest BCUT2D eigenvalue weighted by Crippen LogP contribution is 2.17. The van der Waals surface area contributed by atoms with Gasteiger partial charge in [0.25, 0.3) is 0 Å². The van der Waals surface area contributed by atoms with E-state index in [-0.39, 0.29) is 29.7 Å². The lowest BCUT2D eigenvalue weighted by atomic mass is 10.00. The molecule has 6 nitrogen and oxygen atoms in total. The van der Waals surface area contributed by atoms with Crippen LogP contribution >= 0.6 is 11.6 Å². The molecule has 0 spiro atoms. The first-order valence-corrected chi connectivity index (χ1v) is 12.9. The molecular weight excluding hydrogens is 457 g/mol. The van der Waals surface area contributed by atoms with Crippen molar-refractivity contribution < 1.29 is 19.1 Å². The van der Waals surface area contributed by atoms with E-state index in [2.05, 4.69) is 24.5 Å². The number of carbonyl (C=O) groups excluding carboxylic acids is 2. The molecule has 0 radical (unpaired) electrons. The summed E-state index contributed by atoms with van der Waals surface area (Å²) in [4.78, 5) is 26.9. The second-order valence-electron chi connectivity index (χ2n) is 9.34. The zero-order valence-corrected chi connectivity index (χ0v) is 22.0. The molecule has 194 valence electrons. The van der Waals surface area contributed by atoms with Gasteiger partial charge < -0.3 is 20.6 Å². The minimum absolute atomic E-state index is 0.0665. The summed E-state index contributed by atoms with van der Waals surface area (Å²) >= 11 is 5.98. The van der Waals surface area contributed by atoms with E-state index < -0.39 is 18.0 Å². The quantitative estimate of drug-likeness (QED) is 0.279. The fraction of sp³-hybridized carbons (Fsp3) is 0.692. The predicted molar refractivity (Wildman–Crippen MR) is 136 cm³/mol. The second-order valence-corrected chi connectivity index (χ2v) is 9.78. The van der Waals surface area contributed by atoms with Gasteiger partial charge in [-0.15, -0.1) is 0 Å². The molecule has 0 saturated carbocycles. The average Bonchev–Trinajstić information content (AvgIpc) is 2.75. The molecule has 3 N–H and O–H groups in total. The molecule has 2 amide bonds. The largest absolute Gasteiger partial charge is 0.390 e. The number of amides is 2. The van der Waals surface area contributed by atoms with Crippen LogP contribution in [-0.2, 0) is 16.0 Å². The molecule has 0 unspecified atom stereocenters. The molecule has 0 fully saturated rings. The SMILES string of the molecule is CCCN(CCC)C(=O)CCCC(=O)N[C@@H](Cc1cc(F)cc(Cl)c1)[C@H](O)CNCCC(C)C. The van der Waals surface area contributed by atoms with E-state index in [4.69, 9.17) is 11.6 Å². The Balaban J connectivity index is 2.69. The highest BCUT2D eigenvalue weighted by atomic mass is 35.5. The maximum Gasteiger partial charge on any atom is 0.222 e. The Labute approximate surface area is 209 Å². The standard InChI is InChI=1S/C26H43ClFN3O3/c1-5-12-31(13-6-2)26(34)9-7-8-25(33)30-23(24(32)18-29-11-10-19(3)4)16-20-14-21(27)17-22(28)15-20/h14-15,17,19,23-24,29,32H,5-13,16,18H2,1-4H3,(H,30,33)/t23-,24+/m0/s1. The van der Waals surface area contributed by atoms with E-state index in [1.165, 1.54) is 12.1 Å². The summed E-state index contributed by atoms with van der Waals surface area (Å²) < 4.78 is 13.8. The summed E-state index contributed by atoms with van der Waals surface area (Å²) in [6.07, 6.45) is 3.12. The topological polar surface area (TPSA) is 81.7 Å². The van der Waals surface area contributed by atoms with Crippen molar-refractivity contribution in [2.24, 2.45) is 5.92 Å². The summed E-state index contributed by atoms with van der Waals surface area (Å²) in [5, 5.41) is 17.1. The first-order valence-electron chi connectivity index (χ1n) is 12.6. The number of halogens is 2. The van der Waals surface area contributed by atoms with Crippen LogP contribution in [0.2, 0.25) is 5.02 Å². The van der Waals surface area contributed by atoms with Gasteiger partial charge in [-0.25, -0.2) is 4.39 Å². The molecule has 0 aliphatic heterocycles. The van der Waals surface area contributed by atoms with Crippen LogP contribution in [0.5, 0.6) is 0 Å². The van der Waals surface area contributed by atoms with Crippen molar-refractivity contribution in [2.75, 3.05) is 26.2 Å². The first-order chi connectivity index (χ1) is 16.2. The fourth-order valence-electron chi connectivity index (χ4n) is 3.79. The maximum atomic E-state index is 13.8. The van der Waals surface area contributed by atoms with Gasteiger partial charge in [0.05, 0.1) is 12.1 Å². The molecule has 1 rings (SSSR count). The van der Waals surface area contributed by atoms with Crippen molar-refractivity contribution in [1.29, 1.82) is 0 Å². The second kappa shape index (κ2) is 16.8. The summed E-state index contributed by atoms with van der Waals surface area (Å²) in [5.41, 5.74) is 0.599. The molecule has 0 bridgehead atoms. The van der Waals surface area contributed by atoms with Crippen LogP contribution in [0.4, 0.5) is 4.39 Å². The summed E-state index contributed by atoms with van der Waals surface area (Å²) in [6, 6.07) is 3.61. The zero-order valence-electron chi connectivity index (χ0n) is 21.2. The number of aliphatic hydroxyl groups is 1. The number of aliphatic hydroxyl groups excluding tert-OH is 1. The average molecular weight is 500 g/mol. The third-order valence-corrected chi connectivity index (χ3v) is 5.79. The Morgan fingerprint density at radius 3 is 2.38 bits per heavy atom. The van der Waals surface area contributed by atoms with Gasteiger partial charge in [-0.1, -0.05) is 39.3 Å². The van der Waals surface area contributed by atoms with Gasteiger partial charge in [-0.05, 0) is 68.3 Å². The molecule has 8 heteroatoms. The highest BCUT2D eigenvalue weighted by Gasteiger charge is 2.22. The fourth-order valence-corrected chi connectivity index (χ4v) is 4.03. The highest BCUT2D eigenvalue weighted by molar-refractivity contribution is 6.30. The van der Waals surface area contributed by atoms with Gasteiger partial charge in [0, 0.05) is 37.5 Å². The lowest BCUT2D eigenvalue weighted by molar-refractivity contribution is -0.131. The van der Waals surface area contributed by atoms with Gasteiger partial charge in [0.1, 0.15) is 5.82 Å². The van der Waals surface area contributed by atoms with Crippen molar-refractivity contribution in [3.63, 3.8) is 0 Å². The van der Waals surface area contributed by atoms with E-state index in [9.17, 15) is 19.1 Å². The molecular formula is C26H43ClFN3O3. The van der Waals surface area contributed by atoms with Gasteiger partial charge in [-0.2, -0.15) is 0 Å². The molecule has 2 atom stereocenters. The number of rotatable bonds is 17. The summed E-state index contributed by atoms with van der Waals surface area (Å²) in [6.45, 7) is 10.9. The van der Waals surface area contributed by atoms with Gasteiger partial charge >= 0.3 is 0 Å². The number of benzene rings is 1. The summed E-state index contributed by atoms with van der Waals surface area (Å²) in [7, 11) is 0. The van der Waals surface area contributed by atoms with Crippen molar-refractivity contribution in [3.05, 3.63) is 34.6 Å². The Morgan fingerprint density at radius 1 is 1.12 bits per heavy atom. The first kappa shape index (κ1) is 30.3.